The van der Waals surface area contributed by atoms with Gasteiger partial charge in [-0.25, -0.2) is 0 Å². The van der Waals surface area contributed by atoms with E-state index in [-0.39, 0.29) is 5.78 Å². The minimum Gasteiger partial charge on any atom is -0.397 e. The predicted molar refractivity (Wildman–Crippen MR) is 54.5 cm³/mol. The minimum atomic E-state index is -0.103. The van der Waals surface area contributed by atoms with Gasteiger partial charge in [-0.1, -0.05) is 0 Å². The fourth-order valence-corrected chi connectivity index (χ4v) is 1.03. The summed E-state index contributed by atoms with van der Waals surface area (Å²) in [5.74, 6) is -0.103. The van der Waals surface area contributed by atoms with Crippen molar-refractivity contribution in [3.05, 3.63) is 17.7 Å². The summed E-state index contributed by atoms with van der Waals surface area (Å²) < 4.78 is 0. The van der Waals surface area contributed by atoms with E-state index >= 15 is 0 Å². The summed E-state index contributed by atoms with van der Waals surface area (Å²) in [6, 6.07) is 3.06. The van der Waals surface area contributed by atoms with Crippen molar-refractivity contribution in [3.63, 3.8) is 0 Å². The molecule has 0 spiro atoms. The number of carbonyl (C=O) groups excluding carboxylic acids is 1. The van der Waals surface area contributed by atoms with Crippen molar-refractivity contribution in [1.82, 2.24) is 0 Å². The maximum absolute atomic E-state index is 11.1. The molecule has 0 atom stereocenters. The van der Waals surface area contributed by atoms with Gasteiger partial charge in [0.2, 0.25) is 0 Å². The molecule has 0 bridgehead atoms. The number of carbonyl (C=O) groups is 1. The van der Waals surface area contributed by atoms with E-state index in [4.69, 9.17) is 11.5 Å². The lowest BCUT2D eigenvalue weighted by Crippen LogP contribution is -1.99. The molecule has 4 nitrogen and oxygen atoms in total. The summed E-state index contributed by atoms with van der Waals surface area (Å²) in [5.41, 5.74) is 12.8. The third-order valence-corrected chi connectivity index (χ3v) is 1.75. The predicted octanol–water partition coefficient (Wildman–Crippen LogP) is 1.39. The second kappa shape index (κ2) is 3.26. The van der Waals surface area contributed by atoms with Crippen molar-refractivity contribution in [2.75, 3.05) is 11.5 Å². The summed E-state index contributed by atoms with van der Waals surface area (Å²) in [5, 5.41) is 0. The van der Waals surface area contributed by atoms with E-state index in [0.29, 0.717) is 22.6 Å². The maximum atomic E-state index is 11.1. The zero-order valence-corrected chi connectivity index (χ0v) is 7.37. The minimum absolute atomic E-state index is 0.103. The molecule has 0 heterocycles. The number of hydrogen-bond donors (Lipinski definition) is 2. The summed E-state index contributed by atoms with van der Waals surface area (Å²) in [6.45, 7) is 4.79. The van der Waals surface area contributed by atoms with Gasteiger partial charge in [0, 0.05) is 5.56 Å². The number of nitrogens with two attached hydrogens (primary N) is 2. The number of benzene rings is 1. The molecule has 1 rings (SSSR count). The molecule has 0 aliphatic rings. The second-order valence-electron chi connectivity index (χ2n) is 2.71. The van der Waals surface area contributed by atoms with E-state index in [2.05, 4.69) is 11.7 Å². The van der Waals surface area contributed by atoms with Crippen LogP contribution in [-0.2, 0) is 0 Å². The maximum Gasteiger partial charge on any atom is 0.162 e. The molecule has 0 radical (unpaired) electrons. The van der Waals surface area contributed by atoms with Gasteiger partial charge in [-0.3, -0.25) is 9.79 Å². The van der Waals surface area contributed by atoms with Gasteiger partial charge in [0.05, 0.1) is 17.1 Å². The Balaban J connectivity index is 3.41. The van der Waals surface area contributed by atoms with E-state index in [0.717, 1.165) is 0 Å². The highest BCUT2D eigenvalue weighted by Crippen LogP contribution is 2.27. The van der Waals surface area contributed by atoms with Crippen LogP contribution in [0.4, 0.5) is 17.1 Å². The average molecular weight is 177 g/mol. The molecule has 0 amide bonds. The third-order valence-electron chi connectivity index (χ3n) is 1.75. The first kappa shape index (κ1) is 9.25. The summed E-state index contributed by atoms with van der Waals surface area (Å²) in [7, 11) is 0. The highest BCUT2D eigenvalue weighted by Gasteiger charge is 2.08. The number of rotatable bonds is 2. The number of ketones is 1. The van der Waals surface area contributed by atoms with Crippen LogP contribution in [-0.4, -0.2) is 12.5 Å². The van der Waals surface area contributed by atoms with E-state index in [1.807, 2.05) is 0 Å². The van der Waals surface area contributed by atoms with Crippen molar-refractivity contribution in [2.45, 2.75) is 6.92 Å². The molecule has 0 saturated carbocycles. The van der Waals surface area contributed by atoms with Gasteiger partial charge >= 0.3 is 0 Å². The van der Waals surface area contributed by atoms with Gasteiger partial charge in [-0.05, 0) is 25.8 Å². The van der Waals surface area contributed by atoms with Crippen LogP contribution in [0.15, 0.2) is 17.1 Å². The number of nitrogens with zero attached hydrogens (tertiary/aromatic N) is 1. The van der Waals surface area contributed by atoms with Gasteiger partial charge in [0.1, 0.15) is 0 Å². The Bertz CT molecular complexity index is 371. The normalized spacial score (nSPS) is 9.62. The number of hydrogen-bond acceptors (Lipinski definition) is 4. The van der Waals surface area contributed by atoms with E-state index in [9.17, 15) is 4.79 Å². The molecule has 0 aromatic heterocycles. The Labute approximate surface area is 76.3 Å². The molecule has 13 heavy (non-hydrogen) atoms. The molecule has 4 N–H and O–H groups in total. The van der Waals surface area contributed by atoms with Gasteiger partial charge in [0.25, 0.3) is 0 Å². The zero-order valence-electron chi connectivity index (χ0n) is 7.37. The molecular formula is C9H11N3O. The smallest absolute Gasteiger partial charge is 0.162 e. The van der Waals surface area contributed by atoms with Crippen molar-refractivity contribution < 1.29 is 4.79 Å². The van der Waals surface area contributed by atoms with Gasteiger partial charge in [-0.2, -0.15) is 0 Å². The Kier molecular flexibility index (Phi) is 2.32. The third kappa shape index (κ3) is 1.66. The Morgan fingerprint density at radius 3 is 2.38 bits per heavy atom. The first-order chi connectivity index (χ1) is 6.06. The quantitative estimate of drug-likeness (QED) is 0.407. The number of aliphatic imine (C=N–C) groups is 1. The SMILES string of the molecule is C=Nc1cc(N)c(N)cc1C(C)=O. The molecule has 68 valence electrons. The Morgan fingerprint density at radius 2 is 1.92 bits per heavy atom. The highest BCUT2D eigenvalue weighted by atomic mass is 16.1. The van der Waals surface area contributed by atoms with Gasteiger partial charge < -0.3 is 11.5 Å². The first-order valence-corrected chi connectivity index (χ1v) is 3.73. The molecular weight excluding hydrogens is 166 g/mol. The van der Waals surface area contributed by atoms with Crippen molar-refractivity contribution in [1.29, 1.82) is 0 Å². The van der Waals surface area contributed by atoms with Crippen LogP contribution in [0.5, 0.6) is 0 Å². The molecule has 0 saturated heterocycles. The summed E-state index contributed by atoms with van der Waals surface area (Å²) in [4.78, 5) is 14.8. The first-order valence-electron chi connectivity index (χ1n) is 3.73. The standard InChI is InChI=1S/C9H11N3O/c1-5(13)6-3-7(10)8(11)4-9(6)12-2/h3-4H,2,10-11H2,1H3. The molecule has 1 aromatic carbocycles. The highest BCUT2D eigenvalue weighted by molar-refractivity contribution is 6.01. The lowest BCUT2D eigenvalue weighted by atomic mass is 10.1. The zero-order chi connectivity index (χ0) is 10.0. The van der Waals surface area contributed by atoms with E-state index < -0.39 is 0 Å². The van der Waals surface area contributed by atoms with Crippen LogP contribution in [0.2, 0.25) is 0 Å². The molecule has 0 fully saturated rings. The van der Waals surface area contributed by atoms with Crippen molar-refractivity contribution >= 4 is 29.6 Å². The van der Waals surface area contributed by atoms with Crippen LogP contribution in [0.1, 0.15) is 17.3 Å². The molecule has 0 unspecified atom stereocenters. The van der Waals surface area contributed by atoms with Crippen LogP contribution in [0.3, 0.4) is 0 Å². The van der Waals surface area contributed by atoms with Crippen LogP contribution >= 0.6 is 0 Å². The Hall–Kier alpha value is -1.84. The molecule has 0 aliphatic carbocycles. The number of nitrogen functional groups attached to an aromatic ring is 2. The fraction of sp³-hybridized carbons (Fsp3) is 0.111. The van der Waals surface area contributed by atoms with Crippen LogP contribution in [0, 0.1) is 0 Å². The number of Topliss-reactive ketones (excluding diaryl/α,β-unsaturated/α-hetero) is 1. The number of anilines is 2. The summed E-state index contributed by atoms with van der Waals surface area (Å²) in [6.07, 6.45) is 0. The van der Waals surface area contributed by atoms with Crippen LogP contribution in [0.25, 0.3) is 0 Å². The van der Waals surface area contributed by atoms with Crippen molar-refractivity contribution in [3.8, 4) is 0 Å². The van der Waals surface area contributed by atoms with Gasteiger partial charge in [-0.15, -0.1) is 0 Å². The largest absolute Gasteiger partial charge is 0.397 e. The van der Waals surface area contributed by atoms with Crippen LogP contribution < -0.4 is 11.5 Å². The molecule has 4 heteroatoms. The Morgan fingerprint density at radius 1 is 1.38 bits per heavy atom. The fourth-order valence-electron chi connectivity index (χ4n) is 1.03. The summed E-state index contributed by atoms with van der Waals surface area (Å²) >= 11 is 0. The topological polar surface area (TPSA) is 81.5 Å². The molecule has 0 aliphatic heterocycles. The van der Waals surface area contributed by atoms with E-state index in [1.165, 1.54) is 13.0 Å². The monoisotopic (exact) mass is 177 g/mol. The second-order valence-corrected chi connectivity index (χ2v) is 2.71. The van der Waals surface area contributed by atoms with Gasteiger partial charge in [0.15, 0.2) is 5.78 Å². The van der Waals surface area contributed by atoms with Crippen molar-refractivity contribution in [2.24, 2.45) is 4.99 Å². The lowest BCUT2D eigenvalue weighted by molar-refractivity contribution is 0.101. The van der Waals surface area contributed by atoms with E-state index in [1.54, 1.807) is 6.07 Å². The average Bonchev–Trinajstić information content (AvgIpc) is 2.08. The lowest BCUT2D eigenvalue weighted by Gasteiger charge is -2.05. The molecule has 1 aromatic rings.